The Hall–Kier alpha value is -0.710. The molecule has 1 N–H and O–H groups in total. The van der Waals surface area contributed by atoms with Gasteiger partial charge in [0.1, 0.15) is 5.82 Å². The molecular weight excluding hydrogens is 301 g/mol. The Morgan fingerprint density at radius 1 is 1.29 bits per heavy atom. The summed E-state index contributed by atoms with van der Waals surface area (Å²) in [6.07, 6.45) is 0. The van der Waals surface area contributed by atoms with E-state index in [4.69, 9.17) is 0 Å². The van der Waals surface area contributed by atoms with E-state index in [1.807, 2.05) is 38.2 Å². The van der Waals surface area contributed by atoms with Crippen LogP contribution in [0.4, 0.5) is 4.39 Å². The van der Waals surface area contributed by atoms with Gasteiger partial charge < -0.3 is 5.32 Å². The van der Waals surface area contributed by atoms with Crippen LogP contribution in [0, 0.1) is 12.7 Å². The first-order valence-corrected chi connectivity index (χ1v) is 6.91. The second kappa shape index (κ2) is 5.29. The first-order valence-electron chi connectivity index (χ1n) is 5.30. The van der Waals surface area contributed by atoms with E-state index in [9.17, 15) is 4.39 Å². The van der Waals surface area contributed by atoms with Gasteiger partial charge in [0.2, 0.25) is 0 Å². The molecule has 2 aromatic rings. The molecule has 1 aromatic heterocycles. The average molecular weight is 314 g/mol. The molecule has 1 nitrogen and oxygen atoms in total. The topological polar surface area (TPSA) is 12.0 Å². The molecule has 0 amide bonds. The highest BCUT2D eigenvalue weighted by Gasteiger charge is 2.17. The minimum absolute atomic E-state index is 0.0908. The van der Waals surface area contributed by atoms with Gasteiger partial charge in [0.05, 0.1) is 9.83 Å². The molecule has 0 radical (unpaired) electrons. The summed E-state index contributed by atoms with van der Waals surface area (Å²) in [5.74, 6) is -0.158. The van der Waals surface area contributed by atoms with Crippen molar-refractivity contribution in [3.63, 3.8) is 0 Å². The SMILES string of the molecule is CNC(c1ccc(Br)s1)c1ccc(C)cc1F. The van der Waals surface area contributed by atoms with E-state index in [1.165, 1.54) is 0 Å². The third-order valence-electron chi connectivity index (χ3n) is 2.63. The molecule has 0 aliphatic carbocycles. The molecule has 1 atom stereocenters. The Balaban J connectivity index is 2.42. The minimum atomic E-state index is -0.158. The van der Waals surface area contributed by atoms with Gasteiger partial charge in [-0.1, -0.05) is 12.1 Å². The molecule has 1 aromatic carbocycles. The maximum Gasteiger partial charge on any atom is 0.128 e. The Morgan fingerprint density at radius 3 is 2.59 bits per heavy atom. The zero-order valence-electron chi connectivity index (χ0n) is 9.63. The van der Waals surface area contributed by atoms with Gasteiger partial charge in [-0.3, -0.25) is 0 Å². The van der Waals surface area contributed by atoms with Crippen molar-refractivity contribution in [2.24, 2.45) is 0 Å². The molecule has 0 fully saturated rings. The fraction of sp³-hybridized carbons (Fsp3) is 0.231. The van der Waals surface area contributed by atoms with Crippen LogP contribution in [0.3, 0.4) is 0 Å². The van der Waals surface area contributed by atoms with Gasteiger partial charge in [-0.2, -0.15) is 0 Å². The van der Waals surface area contributed by atoms with Crippen LogP contribution in [-0.2, 0) is 0 Å². The third kappa shape index (κ3) is 2.76. The molecule has 0 aliphatic rings. The van der Waals surface area contributed by atoms with Gasteiger partial charge in [-0.05, 0) is 53.7 Å². The van der Waals surface area contributed by atoms with E-state index in [0.717, 1.165) is 14.2 Å². The van der Waals surface area contributed by atoms with Crippen LogP contribution < -0.4 is 5.32 Å². The first-order chi connectivity index (χ1) is 8.11. The van der Waals surface area contributed by atoms with Crippen LogP contribution in [0.15, 0.2) is 34.1 Å². The van der Waals surface area contributed by atoms with E-state index in [1.54, 1.807) is 17.4 Å². The monoisotopic (exact) mass is 313 g/mol. The maximum absolute atomic E-state index is 13.9. The Labute approximate surface area is 113 Å². The number of nitrogens with one attached hydrogen (secondary N) is 1. The lowest BCUT2D eigenvalue weighted by Crippen LogP contribution is -2.17. The number of rotatable bonds is 3. The number of halogens is 2. The van der Waals surface area contributed by atoms with Crippen molar-refractivity contribution < 1.29 is 4.39 Å². The first kappa shape index (κ1) is 12.7. The molecule has 4 heteroatoms. The fourth-order valence-corrected chi connectivity index (χ4v) is 3.35. The zero-order valence-corrected chi connectivity index (χ0v) is 12.0. The lowest BCUT2D eigenvalue weighted by atomic mass is 10.0. The summed E-state index contributed by atoms with van der Waals surface area (Å²) in [5, 5.41) is 3.16. The minimum Gasteiger partial charge on any atom is -0.309 e. The number of hydrogen-bond donors (Lipinski definition) is 1. The lowest BCUT2D eigenvalue weighted by molar-refractivity contribution is 0.578. The summed E-state index contributed by atoms with van der Waals surface area (Å²) in [7, 11) is 1.84. The van der Waals surface area contributed by atoms with Crippen LogP contribution in [0.5, 0.6) is 0 Å². The standard InChI is InChI=1S/C13H13BrFNS/c1-8-3-4-9(10(15)7-8)13(16-2)11-5-6-12(14)17-11/h3-7,13,16H,1-2H3. The molecule has 0 saturated heterocycles. The van der Waals surface area contributed by atoms with Crippen LogP contribution in [0.1, 0.15) is 22.0 Å². The smallest absolute Gasteiger partial charge is 0.128 e. The highest BCUT2D eigenvalue weighted by molar-refractivity contribution is 9.11. The van der Waals surface area contributed by atoms with Crippen molar-refractivity contribution in [2.75, 3.05) is 7.05 Å². The average Bonchev–Trinajstić information content (AvgIpc) is 2.69. The quantitative estimate of drug-likeness (QED) is 0.892. The summed E-state index contributed by atoms with van der Waals surface area (Å²) in [6, 6.07) is 9.26. The predicted molar refractivity (Wildman–Crippen MR) is 74.1 cm³/mol. The fourth-order valence-electron chi connectivity index (χ4n) is 1.80. The molecule has 17 heavy (non-hydrogen) atoms. The molecule has 90 valence electrons. The van der Waals surface area contributed by atoms with Crippen molar-refractivity contribution in [1.82, 2.24) is 5.32 Å². The predicted octanol–water partition coefficient (Wildman–Crippen LogP) is 4.27. The second-order valence-corrected chi connectivity index (χ2v) is 6.38. The second-order valence-electron chi connectivity index (χ2n) is 3.89. The number of aryl methyl sites for hydroxylation is 1. The Morgan fingerprint density at radius 2 is 2.06 bits per heavy atom. The molecule has 0 saturated carbocycles. The van der Waals surface area contributed by atoms with Gasteiger partial charge in [0.25, 0.3) is 0 Å². The van der Waals surface area contributed by atoms with E-state index >= 15 is 0 Å². The van der Waals surface area contributed by atoms with Crippen molar-refractivity contribution in [3.8, 4) is 0 Å². The number of hydrogen-bond acceptors (Lipinski definition) is 2. The van der Waals surface area contributed by atoms with Gasteiger partial charge in [-0.25, -0.2) is 4.39 Å². The van der Waals surface area contributed by atoms with Crippen molar-refractivity contribution in [1.29, 1.82) is 0 Å². The Kier molecular flexibility index (Phi) is 3.97. The van der Waals surface area contributed by atoms with Gasteiger partial charge in [0, 0.05) is 10.4 Å². The van der Waals surface area contributed by atoms with Gasteiger partial charge >= 0.3 is 0 Å². The molecule has 0 bridgehead atoms. The molecule has 0 aliphatic heterocycles. The number of thiophene rings is 1. The van der Waals surface area contributed by atoms with Crippen molar-refractivity contribution >= 4 is 27.3 Å². The zero-order chi connectivity index (χ0) is 12.4. The van der Waals surface area contributed by atoms with E-state index in [2.05, 4.69) is 21.2 Å². The maximum atomic E-state index is 13.9. The van der Waals surface area contributed by atoms with Crippen LogP contribution in [0.25, 0.3) is 0 Å². The summed E-state index contributed by atoms with van der Waals surface area (Å²) >= 11 is 5.04. The normalized spacial score (nSPS) is 12.7. The van der Waals surface area contributed by atoms with Crippen molar-refractivity contribution in [3.05, 3.63) is 55.9 Å². The van der Waals surface area contributed by atoms with Crippen LogP contribution in [-0.4, -0.2) is 7.05 Å². The van der Waals surface area contributed by atoms with Gasteiger partial charge in [-0.15, -0.1) is 11.3 Å². The lowest BCUT2D eigenvalue weighted by Gasteiger charge is -2.16. The van der Waals surface area contributed by atoms with Crippen LogP contribution >= 0.6 is 27.3 Å². The molecule has 1 heterocycles. The third-order valence-corrected chi connectivity index (χ3v) is 4.32. The van der Waals surface area contributed by atoms with E-state index < -0.39 is 0 Å². The van der Waals surface area contributed by atoms with Gasteiger partial charge in [0.15, 0.2) is 0 Å². The Bertz CT molecular complexity index is 524. The van der Waals surface area contributed by atoms with E-state index in [-0.39, 0.29) is 11.9 Å². The summed E-state index contributed by atoms with van der Waals surface area (Å²) in [4.78, 5) is 1.10. The molecule has 1 unspecified atom stereocenters. The van der Waals surface area contributed by atoms with E-state index in [0.29, 0.717) is 5.56 Å². The highest BCUT2D eigenvalue weighted by Crippen LogP contribution is 2.32. The highest BCUT2D eigenvalue weighted by atomic mass is 79.9. The molecule has 0 spiro atoms. The summed E-state index contributed by atoms with van der Waals surface area (Å²) in [5.41, 5.74) is 1.63. The molecule has 2 rings (SSSR count). The molecular formula is C13H13BrFNS. The van der Waals surface area contributed by atoms with Crippen LogP contribution in [0.2, 0.25) is 0 Å². The van der Waals surface area contributed by atoms with Crippen molar-refractivity contribution in [2.45, 2.75) is 13.0 Å². The number of benzene rings is 1. The largest absolute Gasteiger partial charge is 0.309 e. The summed E-state index contributed by atoms with van der Waals surface area (Å²) < 4.78 is 15.0. The summed E-state index contributed by atoms with van der Waals surface area (Å²) in [6.45, 7) is 1.89.